The molecule has 150 valence electrons. The summed E-state index contributed by atoms with van der Waals surface area (Å²) < 4.78 is 1.86. The van der Waals surface area contributed by atoms with E-state index in [1.165, 1.54) is 16.5 Å². The first-order chi connectivity index (χ1) is 14.6. The van der Waals surface area contributed by atoms with E-state index in [-0.39, 0.29) is 5.91 Å². The molecule has 1 aliphatic rings. The summed E-state index contributed by atoms with van der Waals surface area (Å²) in [6, 6.07) is 18.3. The van der Waals surface area contributed by atoms with Crippen LogP contribution in [-0.2, 0) is 0 Å². The maximum absolute atomic E-state index is 13.3. The summed E-state index contributed by atoms with van der Waals surface area (Å²) in [6.07, 6.45) is 5.11. The van der Waals surface area contributed by atoms with Gasteiger partial charge in [0.1, 0.15) is 0 Å². The largest absolute Gasteiger partial charge is 0.361 e. The van der Waals surface area contributed by atoms with Gasteiger partial charge in [-0.15, -0.1) is 0 Å². The lowest BCUT2D eigenvalue weighted by atomic mass is 9.98. The number of nitrogens with one attached hydrogen (secondary N) is 1. The zero-order valence-corrected chi connectivity index (χ0v) is 17.2. The summed E-state index contributed by atoms with van der Waals surface area (Å²) >= 11 is 0. The highest BCUT2D eigenvalue weighted by Crippen LogP contribution is 2.30. The number of para-hydroxylation sites is 2. The van der Waals surface area contributed by atoms with E-state index in [1.807, 2.05) is 59.8 Å². The first kappa shape index (κ1) is 18.4. The average molecular weight is 396 g/mol. The molecule has 1 aliphatic heterocycles. The number of aryl methyl sites for hydroxylation is 1. The van der Waals surface area contributed by atoms with Gasteiger partial charge in [-0.25, -0.2) is 4.68 Å². The Balaban J connectivity index is 1.40. The molecule has 0 bridgehead atoms. The van der Waals surface area contributed by atoms with Crippen molar-refractivity contribution in [3.63, 3.8) is 0 Å². The van der Waals surface area contributed by atoms with Crippen molar-refractivity contribution in [1.29, 1.82) is 0 Å². The van der Waals surface area contributed by atoms with Crippen molar-refractivity contribution in [3.8, 4) is 5.69 Å². The summed E-state index contributed by atoms with van der Waals surface area (Å²) in [5.74, 6) is 0.0569. The number of hydrogen-bond acceptors (Lipinski definition) is 2. The Morgan fingerprint density at radius 1 is 1.03 bits per heavy atom. The fourth-order valence-corrected chi connectivity index (χ4v) is 4.37. The molecule has 0 aliphatic carbocycles. The van der Waals surface area contributed by atoms with Crippen LogP contribution in [0.25, 0.3) is 22.2 Å². The molecule has 0 saturated heterocycles. The SMILES string of the molecule is Cc1nn(-c2ccccc2)c(C)c1C(=O)N1CC=C(c2c[nH]c3ccccc23)CC1. The average Bonchev–Trinajstić information content (AvgIpc) is 3.35. The van der Waals surface area contributed by atoms with Crippen molar-refractivity contribution < 1.29 is 4.79 Å². The predicted molar refractivity (Wildman–Crippen MR) is 120 cm³/mol. The molecule has 2 aromatic carbocycles. The second kappa shape index (κ2) is 7.34. The van der Waals surface area contributed by atoms with Crippen molar-refractivity contribution >= 4 is 22.4 Å². The summed E-state index contributed by atoms with van der Waals surface area (Å²) in [5.41, 5.74) is 7.02. The van der Waals surface area contributed by atoms with Gasteiger partial charge < -0.3 is 9.88 Å². The van der Waals surface area contributed by atoms with Crippen molar-refractivity contribution in [2.75, 3.05) is 13.1 Å². The molecule has 1 N–H and O–H groups in total. The number of carbonyl (C=O) groups excluding carboxylic acids is 1. The van der Waals surface area contributed by atoms with Gasteiger partial charge in [-0.1, -0.05) is 42.5 Å². The lowest BCUT2D eigenvalue weighted by Gasteiger charge is -2.26. The third-order valence-corrected chi connectivity index (χ3v) is 5.94. The van der Waals surface area contributed by atoms with Gasteiger partial charge >= 0.3 is 0 Å². The van der Waals surface area contributed by atoms with E-state index in [2.05, 4.69) is 40.6 Å². The fourth-order valence-electron chi connectivity index (χ4n) is 4.37. The minimum atomic E-state index is 0.0569. The molecule has 0 spiro atoms. The molecule has 0 radical (unpaired) electrons. The molecule has 0 atom stereocenters. The number of nitrogens with zero attached hydrogens (tertiary/aromatic N) is 3. The number of carbonyl (C=O) groups is 1. The lowest BCUT2D eigenvalue weighted by Crippen LogP contribution is -2.35. The quantitative estimate of drug-likeness (QED) is 0.535. The second-order valence-corrected chi connectivity index (χ2v) is 7.77. The van der Waals surface area contributed by atoms with Crippen LogP contribution in [0.15, 0.2) is 66.9 Å². The number of aromatic nitrogens is 3. The second-order valence-electron chi connectivity index (χ2n) is 7.77. The van der Waals surface area contributed by atoms with Crippen molar-refractivity contribution in [2.45, 2.75) is 20.3 Å². The van der Waals surface area contributed by atoms with Gasteiger partial charge in [-0.3, -0.25) is 4.79 Å². The van der Waals surface area contributed by atoms with Gasteiger partial charge in [0.2, 0.25) is 0 Å². The number of H-pyrrole nitrogens is 1. The zero-order chi connectivity index (χ0) is 20.7. The van der Waals surface area contributed by atoms with E-state index < -0.39 is 0 Å². The summed E-state index contributed by atoms with van der Waals surface area (Å²) in [4.78, 5) is 18.6. The molecule has 0 fully saturated rings. The van der Waals surface area contributed by atoms with E-state index in [1.54, 1.807) is 0 Å². The van der Waals surface area contributed by atoms with Crippen LogP contribution in [0.3, 0.4) is 0 Å². The molecule has 0 unspecified atom stereocenters. The monoisotopic (exact) mass is 396 g/mol. The van der Waals surface area contributed by atoms with Gasteiger partial charge in [0, 0.05) is 35.8 Å². The van der Waals surface area contributed by atoms with Crippen molar-refractivity contribution in [1.82, 2.24) is 19.7 Å². The smallest absolute Gasteiger partial charge is 0.257 e. The first-order valence-electron chi connectivity index (χ1n) is 10.3. The third-order valence-electron chi connectivity index (χ3n) is 5.94. The Labute approximate surface area is 175 Å². The maximum Gasteiger partial charge on any atom is 0.257 e. The highest BCUT2D eigenvalue weighted by Gasteiger charge is 2.26. The highest BCUT2D eigenvalue weighted by atomic mass is 16.2. The zero-order valence-electron chi connectivity index (χ0n) is 17.2. The molecule has 4 aromatic rings. The maximum atomic E-state index is 13.3. The number of fused-ring (bicyclic) bond motifs is 1. The Hall–Kier alpha value is -3.60. The van der Waals surface area contributed by atoms with Gasteiger partial charge in [-0.05, 0) is 44.0 Å². The number of amides is 1. The van der Waals surface area contributed by atoms with Gasteiger partial charge in [0.05, 0.1) is 22.6 Å². The molecule has 3 heterocycles. The van der Waals surface area contributed by atoms with Crippen molar-refractivity contribution in [2.24, 2.45) is 0 Å². The van der Waals surface area contributed by atoms with Crippen LogP contribution in [0, 0.1) is 13.8 Å². The lowest BCUT2D eigenvalue weighted by molar-refractivity contribution is 0.0771. The highest BCUT2D eigenvalue weighted by molar-refractivity contribution is 5.98. The normalized spacial score (nSPS) is 14.2. The molecular weight excluding hydrogens is 372 g/mol. The first-order valence-corrected chi connectivity index (χ1v) is 10.3. The molecule has 5 rings (SSSR count). The summed E-state index contributed by atoms with van der Waals surface area (Å²) in [7, 11) is 0. The Morgan fingerprint density at radius 3 is 2.57 bits per heavy atom. The molecule has 2 aromatic heterocycles. The molecule has 1 amide bonds. The molecule has 5 nitrogen and oxygen atoms in total. The Morgan fingerprint density at radius 2 is 1.80 bits per heavy atom. The standard InChI is InChI=1S/C25H24N4O/c1-17-24(18(2)29(27-17)20-8-4-3-5-9-20)25(30)28-14-12-19(13-15-28)22-16-26-23-11-7-6-10-21(22)23/h3-12,16,26H,13-15H2,1-2H3. The number of hydrogen-bond donors (Lipinski definition) is 1. The Bertz CT molecular complexity index is 1260. The number of aromatic amines is 1. The third kappa shape index (κ3) is 3.03. The minimum absolute atomic E-state index is 0.0569. The van der Waals surface area contributed by atoms with Crippen LogP contribution in [0.5, 0.6) is 0 Å². The molecule has 0 saturated carbocycles. The van der Waals surface area contributed by atoms with Crippen LogP contribution >= 0.6 is 0 Å². The van der Waals surface area contributed by atoms with E-state index in [0.717, 1.165) is 29.0 Å². The number of rotatable bonds is 3. The van der Waals surface area contributed by atoms with Crippen LogP contribution in [0.4, 0.5) is 0 Å². The van der Waals surface area contributed by atoms with Crippen LogP contribution in [0.2, 0.25) is 0 Å². The summed E-state index contributed by atoms with van der Waals surface area (Å²) in [5, 5.41) is 5.87. The number of benzene rings is 2. The fraction of sp³-hybridized carbons (Fsp3) is 0.200. The van der Waals surface area contributed by atoms with E-state index in [0.29, 0.717) is 18.7 Å². The predicted octanol–water partition coefficient (Wildman–Crippen LogP) is 4.90. The van der Waals surface area contributed by atoms with E-state index >= 15 is 0 Å². The van der Waals surface area contributed by atoms with Gasteiger partial charge in [0.25, 0.3) is 5.91 Å². The summed E-state index contributed by atoms with van der Waals surface area (Å²) in [6.45, 7) is 5.21. The van der Waals surface area contributed by atoms with E-state index in [4.69, 9.17) is 0 Å². The van der Waals surface area contributed by atoms with Gasteiger partial charge in [-0.2, -0.15) is 5.10 Å². The van der Waals surface area contributed by atoms with Crippen LogP contribution in [-0.4, -0.2) is 38.7 Å². The van der Waals surface area contributed by atoms with E-state index in [9.17, 15) is 4.79 Å². The topological polar surface area (TPSA) is 53.9 Å². The molecule has 5 heteroatoms. The van der Waals surface area contributed by atoms with Crippen LogP contribution < -0.4 is 0 Å². The minimum Gasteiger partial charge on any atom is -0.361 e. The molecule has 30 heavy (non-hydrogen) atoms. The Kier molecular flexibility index (Phi) is 4.51. The van der Waals surface area contributed by atoms with Gasteiger partial charge in [0.15, 0.2) is 0 Å². The van der Waals surface area contributed by atoms with Crippen LogP contribution in [0.1, 0.15) is 33.7 Å². The molecular formula is C25H24N4O. The van der Waals surface area contributed by atoms with Crippen molar-refractivity contribution in [3.05, 3.63) is 89.4 Å².